The first-order valence-corrected chi connectivity index (χ1v) is 4.30. The third-order valence-electron chi connectivity index (χ3n) is 1.78. The molecular weight excluding hydrogens is 196 g/mol. The van der Waals surface area contributed by atoms with E-state index in [9.17, 15) is 14.7 Å². The molecule has 0 bridgehead atoms. The van der Waals surface area contributed by atoms with E-state index in [1.54, 1.807) is 0 Å². The number of benzene rings is 1. The first kappa shape index (κ1) is 11.0. The third-order valence-corrected chi connectivity index (χ3v) is 1.78. The van der Waals surface area contributed by atoms with E-state index in [0.717, 1.165) is 0 Å². The minimum Gasteiger partial charge on any atom is -0.507 e. The molecule has 0 amide bonds. The Balaban J connectivity index is 2.88. The van der Waals surface area contributed by atoms with Crippen LogP contribution < -0.4 is 0 Å². The fraction of sp³-hybridized carbons (Fsp3) is 0.0909. The molecular formula is C11H10O4. The van der Waals surface area contributed by atoms with Crippen molar-refractivity contribution in [3.63, 3.8) is 0 Å². The topological polar surface area (TPSA) is 74.6 Å². The molecule has 78 valence electrons. The molecule has 1 aromatic carbocycles. The number of aliphatic carboxylic acids is 1. The Bertz CT molecular complexity index is 407. The van der Waals surface area contributed by atoms with E-state index in [2.05, 4.69) is 0 Å². The molecule has 4 nitrogen and oxygen atoms in total. The lowest BCUT2D eigenvalue weighted by Gasteiger charge is -1.99. The summed E-state index contributed by atoms with van der Waals surface area (Å²) in [4.78, 5) is 20.7. The van der Waals surface area contributed by atoms with Crippen LogP contribution in [-0.4, -0.2) is 22.5 Å². The number of carboxylic acid groups (broad SMARTS) is 1. The largest absolute Gasteiger partial charge is 0.507 e. The Morgan fingerprint density at radius 3 is 2.73 bits per heavy atom. The molecule has 0 saturated carbocycles. The number of hydrogen-bond acceptors (Lipinski definition) is 3. The molecule has 15 heavy (non-hydrogen) atoms. The standard InChI is InChI=1S/C11H10O4/c12-7-8-4-5-10(13)9(6-8)2-1-3-11(14)15/h1-2,4-7,13H,3H2,(H,14,15). The first-order valence-electron chi connectivity index (χ1n) is 4.30. The third kappa shape index (κ3) is 3.27. The summed E-state index contributed by atoms with van der Waals surface area (Å²) in [5, 5.41) is 17.8. The van der Waals surface area contributed by atoms with E-state index >= 15 is 0 Å². The molecule has 0 atom stereocenters. The van der Waals surface area contributed by atoms with Crippen LogP contribution in [0.25, 0.3) is 6.08 Å². The fourth-order valence-electron chi connectivity index (χ4n) is 1.07. The number of aldehydes is 1. The predicted molar refractivity (Wildman–Crippen MR) is 54.8 cm³/mol. The van der Waals surface area contributed by atoms with Crippen LogP contribution in [0, 0.1) is 0 Å². The molecule has 0 aliphatic rings. The van der Waals surface area contributed by atoms with Gasteiger partial charge in [-0.15, -0.1) is 0 Å². The summed E-state index contributed by atoms with van der Waals surface area (Å²) in [7, 11) is 0. The zero-order valence-corrected chi connectivity index (χ0v) is 7.88. The monoisotopic (exact) mass is 206 g/mol. The van der Waals surface area contributed by atoms with Crippen molar-refractivity contribution in [3.8, 4) is 5.75 Å². The van der Waals surface area contributed by atoms with Gasteiger partial charge in [0.1, 0.15) is 12.0 Å². The minimum absolute atomic E-state index is 0.0160. The van der Waals surface area contributed by atoms with Gasteiger partial charge in [0.05, 0.1) is 6.42 Å². The average Bonchev–Trinajstić information content (AvgIpc) is 2.20. The van der Waals surface area contributed by atoms with Crippen molar-refractivity contribution in [1.82, 2.24) is 0 Å². The van der Waals surface area contributed by atoms with Crippen LogP contribution in [0.2, 0.25) is 0 Å². The van der Waals surface area contributed by atoms with Crippen molar-refractivity contribution in [2.24, 2.45) is 0 Å². The maximum absolute atomic E-state index is 10.5. The lowest BCUT2D eigenvalue weighted by atomic mass is 10.1. The molecule has 1 aromatic rings. The number of phenols is 1. The van der Waals surface area contributed by atoms with Crippen LogP contribution in [0.1, 0.15) is 22.3 Å². The fourth-order valence-corrected chi connectivity index (χ4v) is 1.07. The summed E-state index contributed by atoms with van der Waals surface area (Å²) in [6, 6.07) is 4.36. The smallest absolute Gasteiger partial charge is 0.307 e. The quantitative estimate of drug-likeness (QED) is 0.735. The van der Waals surface area contributed by atoms with Gasteiger partial charge in [0.15, 0.2) is 0 Å². The van der Waals surface area contributed by atoms with Gasteiger partial charge in [0, 0.05) is 11.1 Å². The van der Waals surface area contributed by atoms with Gasteiger partial charge in [-0.2, -0.15) is 0 Å². The molecule has 0 aromatic heterocycles. The number of carboxylic acids is 1. The molecule has 0 saturated heterocycles. The number of rotatable bonds is 4. The molecule has 0 radical (unpaired) electrons. The van der Waals surface area contributed by atoms with Gasteiger partial charge < -0.3 is 10.2 Å². The molecule has 4 heteroatoms. The molecule has 0 aliphatic heterocycles. The number of carbonyl (C=O) groups excluding carboxylic acids is 1. The maximum atomic E-state index is 10.5. The van der Waals surface area contributed by atoms with Crippen molar-refractivity contribution in [3.05, 3.63) is 35.4 Å². The van der Waals surface area contributed by atoms with Crippen LogP contribution in [0.5, 0.6) is 5.75 Å². The summed E-state index contributed by atoms with van der Waals surface area (Å²) >= 11 is 0. The van der Waals surface area contributed by atoms with Crippen molar-refractivity contribution in [2.75, 3.05) is 0 Å². The highest BCUT2D eigenvalue weighted by Gasteiger charge is 1.99. The highest BCUT2D eigenvalue weighted by Crippen LogP contribution is 2.19. The van der Waals surface area contributed by atoms with E-state index in [1.807, 2.05) is 0 Å². The van der Waals surface area contributed by atoms with E-state index in [1.165, 1.54) is 30.4 Å². The van der Waals surface area contributed by atoms with Crippen molar-refractivity contribution >= 4 is 18.3 Å². The molecule has 2 N–H and O–H groups in total. The zero-order valence-electron chi connectivity index (χ0n) is 7.88. The Kier molecular flexibility index (Phi) is 3.62. The predicted octanol–water partition coefficient (Wildman–Crippen LogP) is 1.69. The minimum atomic E-state index is -0.947. The lowest BCUT2D eigenvalue weighted by Crippen LogP contribution is -1.89. The van der Waals surface area contributed by atoms with Crippen LogP contribution in [0.3, 0.4) is 0 Å². The molecule has 0 unspecified atom stereocenters. The Morgan fingerprint density at radius 1 is 1.40 bits per heavy atom. The lowest BCUT2D eigenvalue weighted by molar-refractivity contribution is -0.135. The van der Waals surface area contributed by atoms with Gasteiger partial charge in [-0.05, 0) is 18.2 Å². The summed E-state index contributed by atoms with van der Waals surface area (Å²) < 4.78 is 0. The van der Waals surface area contributed by atoms with Gasteiger partial charge in [-0.3, -0.25) is 9.59 Å². The second kappa shape index (κ2) is 4.95. The summed E-state index contributed by atoms with van der Waals surface area (Å²) in [5.41, 5.74) is 0.864. The van der Waals surface area contributed by atoms with Gasteiger partial charge in [0.2, 0.25) is 0 Å². The normalized spacial score (nSPS) is 10.4. The van der Waals surface area contributed by atoms with Crippen LogP contribution >= 0.6 is 0 Å². The summed E-state index contributed by atoms with van der Waals surface area (Å²) in [6.45, 7) is 0. The highest BCUT2D eigenvalue weighted by molar-refractivity contribution is 5.78. The molecule has 0 heterocycles. The first-order chi connectivity index (χ1) is 7.13. The van der Waals surface area contributed by atoms with Crippen molar-refractivity contribution in [1.29, 1.82) is 0 Å². The van der Waals surface area contributed by atoms with Crippen LogP contribution in [-0.2, 0) is 4.79 Å². The van der Waals surface area contributed by atoms with Gasteiger partial charge in [-0.25, -0.2) is 0 Å². The van der Waals surface area contributed by atoms with E-state index < -0.39 is 5.97 Å². The number of carbonyl (C=O) groups is 2. The second-order valence-corrected chi connectivity index (χ2v) is 2.94. The van der Waals surface area contributed by atoms with Crippen LogP contribution in [0.4, 0.5) is 0 Å². The zero-order chi connectivity index (χ0) is 11.3. The van der Waals surface area contributed by atoms with Crippen LogP contribution in [0.15, 0.2) is 24.3 Å². The number of aromatic hydroxyl groups is 1. The molecule has 0 spiro atoms. The van der Waals surface area contributed by atoms with Gasteiger partial charge in [0.25, 0.3) is 0 Å². The Labute approximate surface area is 86.5 Å². The van der Waals surface area contributed by atoms with Gasteiger partial charge >= 0.3 is 5.97 Å². The Hall–Kier alpha value is -2.10. The van der Waals surface area contributed by atoms with Crippen molar-refractivity contribution < 1.29 is 19.8 Å². The van der Waals surface area contributed by atoms with Crippen molar-refractivity contribution in [2.45, 2.75) is 6.42 Å². The van der Waals surface area contributed by atoms with E-state index in [0.29, 0.717) is 17.4 Å². The number of hydrogen-bond donors (Lipinski definition) is 2. The SMILES string of the molecule is O=Cc1ccc(O)c(C=CCC(=O)O)c1. The second-order valence-electron chi connectivity index (χ2n) is 2.94. The molecule has 0 aliphatic carbocycles. The van der Waals surface area contributed by atoms with E-state index in [4.69, 9.17) is 5.11 Å². The number of phenolic OH excluding ortho intramolecular Hbond substituents is 1. The maximum Gasteiger partial charge on any atom is 0.307 e. The van der Waals surface area contributed by atoms with E-state index in [-0.39, 0.29) is 12.2 Å². The summed E-state index contributed by atoms with van der Waals surface area (Å²) in [5.74, 6) is -0.931. The molecule has 0 fully saturated rings. The Morgan fingerprint density at radius 2 is 2.13 bits per heavy atom. The summed E-state index contributed by atoms with van der Waals surface area (Å²) in [6.07, 6.45) is 3.42. The van der Waals surface area contributed by atoms with Gasteiger partial charge in [-0.1, -0.05) is 12.2 Å². The highest BCUT2D eigenvalue weighted by atomic mass is 16.4. The average molecular weight is 206 g/mol. The molecule has 1 rings (SSSR count).